The first-order valence-electron chi connectivity index (χ1n) is 4.40. The van der Waals surface area contributed by atoms with Crippen molar-refractivity contribution in [2.75, 3.05) is 11.5 Å². The van der Waals surface area contributed by atoms with Crippen molar-refractivity contribution in [1.82, 2.24) is 0 Å². The zero-order valence-corrected chi connectivity index (χ0v) is 7.99. The summed E-state index contributed by atoms with van der Waals surface area (Å²) in [4.78, 5) is 12.8. The summed E-state index contributed by atoms with van der Waals surface area (Å²) in [6.07, 6.45) is -0.348. The average Bonchev–Trinajstić information content (AvgIpc) is 2.49. The first kappa shape index (κ1) is 8.81. The van der Waals surface area contributed by atoms with E-state index in [1.165, 1.54) is 4.90 Å². The molecule has 0 aromatic heterocycles. The minimum atomic E-state index is -0.348. The Morgan fingerprint density at radius 1 is 1.36 bits per heavy atom. The van der Waals surface area contributed by atoms with Crippen molar-refractivity contribution in [2.45, 2.75) is 6.92 Å². The molecule has 0 saturated carbocycles. The topological polar surface area (TPSA) is 29.5 Å². The highest BCUT2D eigenvalue weighted by molar-refractivity contribution is 5.93. The van der Waals surface area contributed by atoms with Crippen molar-refractivity contribution in [3.05, 3.63) is 42.1 Å². The Kier molecular flexibility index (Phi) is 2.00. The molecule has 0 bridgehead atoms. The van der Waals surface area contributed by atoms with Crippen LogP contribution in [-0.4, -0.2) is 12.7 Å². The van der Waals surface area contributed by atoms with Crippen LogP contribution in [0.2, 0.25) is 0 Å². The molecule has 1 fully saturated rings. The number of cyclic esters (lactones) is 1. The van der Waals surface area contributed by atoms with Crippen LogP contribution in [0.5, 0.6) is 0 Å². The van der Waals surface area contributed by atoms with Crippen molar-refractivity contribution < 1.29 is 9.53 Å². The number of carbonyl (C=O) groups excluding carboxylic acids is 1. The molecule has 1 aromatic rings. The maximum atomic E-state index is 11.3. The third kappa shape index (κ3) is 1.37. The number of carbonyl (C=O) groups is 1. The third-order valence-corrected chi connectivity index (χ3v) is 2.15. The van der Waals surface area contributed by atoms with E-state index < -0.39 is 0 Å². The van der Waals surface area contributed by atoms with Crippen molar-refractivity contribution >= 4 is 11.8 Å². The van der Waals surface area contributed by atoms with E-state index >= 15 is 0 Å². The van der Waals surface area contributed by atoms with Crippen molar-refractivity contribution in [3.8, 4) is 0 Å². The lowest BCUT2D eigenvalue weighted by atomic mass is 10.2. The number of aryl methyl sites for hydroxylation is 1. The van der Waals surface area contributed by atoms with Crippen LogP contribution in [-0.2, 0) is 4.74 Å². The number of hydrogen-bond acceptors (Lipinski definition) is 2. The number of hydrogen-bond donors (Lipinski definition) is 0. The molecule has 1 saturated heterocycles. The molecule has 2 rings (SSSR count). The summed E-state index contributed by atoms with van der Waals surface area (Å²) in [5.74, 6) is 0. The number of rotatable bonds is 1. The van der Waals surface area contributed by atoms with E-state index in [1.54, 1.807) is 0 Å². The zero-order chi connectivity index (χ0) is 10.1. The van der Waals surface area contributed by atoms with Gasteiger partial charge in [-0.25, -0.2) is 9.69 Å². The van der Waals surface area contributed by atoms with Crippen LogP contribution in [0.3, 0.4) is 0 Å². The van der Waals surface area contributed by atoms with Crippen LogP contribution in [0, 0.1) is 6.92 Å². The predicted molar refractivity (Wildman–Crippen MR) is 54.1 cm³/mol. The van der Waals surface area contributed by atoms with E-state index in [0.29, 0.717) is 5.70 Å². The van der Waals surface area contributed by atoms with Crippen molar-refractivity contribution in [3.63, 3.8) is 0 Å². The summed E-state index contributed by atoms with van der Waals surface area (Å²) in [7, 11) is 0. The highest BCUT2D eigenvalue weighted by Gasteiger charge is 2.27. The second-order valence-corrected chi connectivity index (χ2v) is 3.29. The smallest absolute Gasteiger partial charge is 0.419 e. The number of nitrogens with zero attached hydrogens (tertiary/aromatic N) is 1. The Morgan fingerprint density at radius 2 is 2.00 bits per heavy atom. The minimum absolute atomic E-state index is 0.284. The number of anilines is 1. The van der Waals surface area contributed by atoms with Crippen LogP contribution >= 0.6 is 0 Å². The maximum absolute atomic E-state index is 11.3. The highest BCUT2D eigenvalue weighted by atomic mass is 16.6. The number of amides is 1. The van der Waals surface area contributed by atoms with Gasteiger partial charge >= 0.3 is 6.09 Å². The summed E-state index contributed by atoms with van der Waals surface area (Å²) in [6, 6.07) is 7.67. The first-order chi connectivity index (χ1) is 6.68. The second kappa shape index (κ2) is 3.18. The van der Waals surface area contributed by atoms with Crippen molar-refractivity contribution in [1.29, 1.82) is 0 Å². The van der Waals surface area contributed by atoms with E-state index in [0.717, 1.165) is 11.3 Å². The SMILES string of the molecule is C=C1COC(=O)N1c1ccc(C)cc1. The maximum Gasteiger partial charge on any atom is 0.419 e. The van der Waals surface area contributed by atoms with Crippen LogP contribution in [0.15, 0.2) is 36.5 Å². The third-order valence-electron chi connectivity index (χ3n) is 2.15. The molecule has 3 nitrogen and oxygen atoms in total. The molecule has 0 atom stereocenters. The molecule has 1 aliphatic heterocycles. The van der Waals surface area contributed by atoms with Gasteiger partial charge in [0.05, 0.1) is 11.4 Å². The van der Waals surface area contributed by atoms with Gasteiger partial charge in [0.1, 0.15) is 6.61 Å². The lowest BCUT2D eigenvalue weighted by Gasteiger charge is -2.13. The minimum Gasteiger partial charge on any atom is -0.442 e. The Hall–Kier alpha value is -1.77. The van der Waals surface area contributed by atoms with Gasteiger partial charge < -0.3 is 4.74 Å². The van der Waals surface area contributed by atoms with Gasteiger partial charge in [0, 0.05) is 0 Å². The monoisotopic (exact) mass is 189 g/mol. The Morgan fingerprint density at radius 3 is 2.50 bits per heavy atom. The molecule has 3 heteroatoms. The van der Waals surface area contributed by atoms with Crippen LogP contribution in [0.4, 0.5) is 10.5 Å². The van der Waals surface area contributed by atoms with Gasteiger partial charge in [-0.2, -0.15) is 0 Å². The highest BCUT2D eigenvalue weighted by Crippen LogP contribution is 2.24. The molecule has 14 heavy (non-hydrogen) atoms. The number of ether oxygens (including phenoxy) is 1. The molecular formula is C11H11NO2. The average molecular weight is 189 g/mol. The van der Waals surface area contributed by atoms with Crippen LogP contribution in [0.1, 0.15) is 5.56 Å². The largest absolute Gasteiger partial charge is 0.442 e. The fourth-order valence-corrected chi connectivity index (χ4v) is 1.39. The van der Waals surface area contributed by atoms with E-state index in [2.05, 4.69) is 6.58 Å². The molecule has 1 amide bonds. The molecule has 1 aromatic carbocycles. The molecule has 0 aliphatic carbocycles. The quantitative estimate of drug-likeness (QED) is 0.679. The zero-order valence-electron chi connectivity index (χ0n) is 7.99. The standard InChI is InChI=1S/C11H11NO2/c1-8-3-5-10(6-4-8)12-9(2)7-14-11(12)13/h3-6H,2,7H2,1H3. The number of benzene rings is 1. The van der Waals surface area contributed by atoms with Gasteiger partial charge in [-0.1, -0.05) is 24.3 Å². The van der Waals surface area contributed by atoms with E-state index in [1.807, 2.05) is 31.2 Å². The van der Waals surface area contributed by atoms with Crippen LogP contribution in [0.25, 0.3) is 0 Å². The van der Waals surface area contributed by atoms with Gasteiger partial charge in [-0.05, 0) is 19.1 Å². The molecule has 72 valence electrons. The van der Waals surface area contributed by atoms with E-state index in [9.17, 15) is 4.79 Å². The van der Waals surface area contributed by atoms with E-state index in [-0.39, 0.29) is 12.7 Å². The van der Waals surface area contributed by atoms with Gasteiger partial charge in [-0.3, -0.25) is 0 Å². The predicted octanol–water partition coefficient (Wildman–Crippen LogP) is 2.47. The Bertz CT molecular complexity index is 365. The molecular weight excluding hydrogens is 178 g/mol. The van der Waals surface area contributed by atoms with Gasteiger partial charge in [0.2, 0.25) is 0 Å². The normalized spacial score (nSPS) is 15.9. The first-order valence-corrected chi connectivity index (χ1v) is 4.40. The summed E-state index contributed by atoms with van der Waals surface area (Å²) < 4.78 is 4.85. The molecule has 1 aliphatic rings. The molecule has 0 unspecified atom stereocenters. The van der Waals surface area contributed by atoms with E-state index in [4.69, 9.17) is 4.74 Å². The summed E-state index contributed by atoms with van der Waals surface area (Å²) >= 11 is 0. The second-order valence-electron chi connectivity index (χ2n) is 3.29. The van der Waals surface area contributed by atoms with Crippen molar-refractivity contribution in [2.24, 2.45) is 0 Å². The van der Waals surface area contributed by atoms with Gasteiger partial charge in [0.25, 0.3) is 0 Å². The Labute approximate surface area is 82.6 Å². The fourth-order valence-electron chi connectivity index (χ4n) is 1.39. The summed E-state index contributed by atoms with van der Waals surface area (Å²) in [5, 5.41) is 0. The van der Waals surface area contributed by atoms with Gasteiger partial charge in [0.15, 0.2) is 0 Å². The lowest BCUT2D eigenvalue weighted by molar-refractivity contribution is 0.182. The molecule has 0 N–H and O–H groups in total. The molecule has 1 heterocycles. The Balaban J connectivity index is 2.34. The lowest BCUT2D eigenvalue weighted by Crippen LogP contribution is -2.21. The summed E-state index contributed by atoms with van der Waals surface area (Å²) in [5.41, 5.74) is 2.65. The summed E-state index contributed by atoms with van der Waals surface area (Å²) in [6.45, 7) is 6.05. The molecule has 0 spiro atoms. The van der Waals surface area contributed by atoms with Gasteiger partial charge in [-0.15, -0.1) is 0 Å². The fraction of sp³-hybridized carbons (Fsp3) is 0.182. The molecule has 0 radical (unpaired) electrons. The van der Waals surface area contributed by atoms with Crippen LogP contribution < -0.4 is 4.90 Å².